The number of ketones is 1. The van der Waals surface area contributed by atoms with Crippen LogP contribution in [0.3, 0.4) is 0 Å². The summed E-state index contributed by atoms with van der Waals surface area (Å²) in [5.74, 6) is -0.927. The summed E-state index contributed by atoms with van der Waals surface area (Å²) in [5.41, 5.74) is -0.104. The molecule has 1 aromatic rings. The second kappa shape index (κ2) is 7.48. The van der Waals surface area contributed by atoms with Gasteiger partial charge in [-0.1, -0.05) is 26.2 Å². The van der Waals surface area contributed by atoms with Crippen molar-refractivity contribution in [2.45, 2.75) is 51.9 Å². The second-order valence-corrected chi connectivity index (χ2v) is 6.82. The molecule has 0 heterocycles. The molecule has 1 saturated carbocycles. The van der Waals surface area contributed by atoms with Crippen molar-refractivity contribution in [1.29, 1.82) is 0 Å². The van der Waals surface area contributed by atoms with Crippen LogP contribution >= 0.6 is 15.9 Å². The Labute approximate surface area is 133 Å². The smallest absolute Gasteiger partial charge is 0.168 e. The molecule has 0 atom stereocenters. The normalized spacial score (nSPS) is 22.3. The first-order valence-electron chi connectivity index (χ1n) is 7.71. The van der Waals surface area contributed by atoms with Crippen LogP contribution in [-0.4, -0.2) is 5.78 Å². The van der Waals surface area contributed by atoms with Crippen LogP contribution in [0.2, 0.25) is 0 Å². The first-order valence-corrected chi connectivity index (χ1v) is 8.51. The van der Waals surface area contributed by atoms with Crippen molar-refractivity contribution >= 4 is 21.7 Å². The average molecular weight is 359 g/mol. The van der Waals surface area contributed by atoms with Crippen LogP contribution in [0.4, 0.5) is 8.78 Å². The van der Waals surface area contributed by atoms with Gasteiger partial charge in [0.05, 0.1) is 10.0 Å². The zero-order chi connectivity index (χ0) is 15.4. The standard InChI is InChI=1S/C17H21BrF2O/c1-2-3-4-11-5-7-12(8-6-11)17(21)13-9-16(20)14(18)10-15(13)19/h9-12H,2-8H2,1H3. The van der Waals surface area contributed by atoms with E-state index in [-0.39, 0.29) is 21.7 Å². The summed E-state index contributed by atoms with van der Waals surface area (Å²) >= 11 is 2.93. The minimum absolute atomic E-state index is 0.0554. The molecule has 1 aliphatic carbocycles. The van der Waals surface area contributed by atoms with Gasteiger partial charge >= 0.3 is 0 Å². The molecule has 1 aliphatic rings. The van der Waals surface area contributed by atoms with Gasteiger partial charge in [-0.3, -0.25) is 4.79 Å². The molecule has 1 fully saturated rings. The van der Waals surface area contributed by atoms with Gasteiger partial charge in [-0.15, -0.1) is 0 Å². The van der Waals surface area contributed by atoms with Crippen LogP contribution in [0, 0.1) is 23.5 Å². The summed E-state index contributed by atoms with van der Waals surface area (Å²) in [5, 5.41) is 0. The molecule has 0 unspecified atom stereocenters. The van der Waals surface area contributed by atoms with E-state index in [0.29, 0.717) is 5.92 Å². The van der Waals surface area contributed by atoms with Gasteiger partial charge < -0.3 is 0 Å². The maximum atomic E-state index is 13.9. The zero-order valence-corrected chi connectivity index (χ0v) is 13.9. The molecule has 0 aromatic heterocycles. The van der Waals surface area contributed by atoms with E-state index in [2.05, 4.69) is 22.9 Å². The maximum absolute atomic E-state index is 13.9. The molecule has 0 radical (unpaired) electrons. The van der Waals surface area contributed by atoms with E-state index in [1.165, 1.54) is 19.3 Å². The van der Waals surface area contributed by atoms with Crippen LogP contribution in [0.15, 0.2) is 16.6 Å². The largest absolute Gasteiger partial charge is 0.294 e. The third-order valence-electron chi connectivity index (χ3n) is 4.46. The van der Waals surface area contributed by atoms with Crippen molar-refractivity contribution in [2.24, 2.45) is 11.8 Å². The van der Waals surface area contributed by atoms with Gasteiger partial charge in [-0.2, -0.15) is 0 Å². The molecule has 1 aromatic carbocycles. The molecule has 21 heavy (non-hydrogen) atoms. The Morgan fingerprint density at radius 3 is 2.48 bits per heavy atom. The van der Waals surface area contributed by atoms with E-state index in [9.17, 15) is 13.6 Å². The van der Waals surface area contributed by atoms with Crippen molar-refractivity contribution in [2.75, 3.05) is 0 Å². The number of rotatable bonds is 5. The molecule has 0 bridgehead atoms. The summed E-state index contributed by atoms with van der Waals surface area (Å²) in [6.45, 7) is 2.18. The summed E-state index contributed by atoms with van der Waals surface area (Å²) in [7, 11) is 0. The van der Waals surface area contributed by atoms with Crippen molar-refractivity contribution < 1.29 is 13.6 Å². The van der Waals surface area contributed by atoms with Gasteiger partial charge in [0.2, 0.25) is 0 Å². The maximum Gasteiger partial charge on any atom is 0.168 e. The van der Waals surface area contributed by atoms with Crippen molar-refractivity contribution in [3.63, 3.8) is 0 Å². The molecule has 0 aliphatic heterocycles. The zero-order valence-electron chi connectivity index (χ0n) is 12.3. The number of halogens is 3. The van der Waals surface area contributed by atoms with Gasteiger partial charge in [-0.05, 0) is 59.7 Å². The monoisotopic (exact) mass is 358 g/mol. The van der Waals surface area contributed by atoms with Crippen molar-refractivity contribution in [3.8, 4) is 0 Å². The van der Waals surface area contributed by atoms with E-state index in [1.54, 1.807) is 0 Å². The Kier molecular flexibility index (Phi) is 5.91. The molecule has 1 nitrogen and oxygen atoms in total. The third-order valence-corrected chi connectivity index (χ3v) is 5.07. The number of Topliss-reactive ketones (excluding diaryl/α,β-unsaturated/α-hetero) is 1. The number of carbonyl (C=O) groups is 1. The average Bonchev–Trinajstić information content (AvgIpc) is 2.48. The lowest BCUT2D eigenvalue weighted by molar-refractivity contribution is 0.0864. The van der Waals surface area contributed by atoms with Crippen molar-refractivity contribution in [1.82, 2.24) is 0 Å². The summed E-state index contributed by atoms with van der Waals surface area (Å²) in [6, 6.07) is 2.06. The predicted octanol–water partition coefficient (Wildman–Crippen LogP) is 5.91. The molecular weight excluding hydrogens is 338 g/mol. The molecular formula is C17H21BrF2O. The molecule has 4 heteroatoms. The fourth-order valence-corrected chi connectivity index (χ4v) is 3.45. The summed E-state index contributed by atoms with van der Waals surface area (Å²) in [4.78, 5) is 12.4. The molecule has 116 valence electrons. The quantitative estimate of drug-likeness (QED) is 0.472. The number of hydrogen-bond donors (Lipinski definition) is 0. The topological polar surface area (TPSA) is 17.1 Å². The highest BCUT2D eigenvalue weighted by Gasteiger charge is 2.28. The SMILES string of the molecule is CCCCC1CCC(C(=O)c2cc(F)c(Br)cc2F)CC1. The predicted molar refractivity (Wildman–Crippen MR) is 83.4 cm³/mol. The highest BCUT2D eigenvalue weighted by molar-refractivity contribution is 9.10. The lowest BCUT2D eigenvalue weighted by atomic mass is 9.77. The molecule has 0 spiro atoms. The first-order chi connectivity index (χ1) is 10.0. The van der Waals surface area contributed by atoms with Gasteiger partial charge in [0.1, 0.15) is 11.6 Å². The van der Waals surface area contributed by atoms with Crippen molar-refractivity contribution in [3.05, 3.63) is 33.8 Å². The van der Waals surface area contributed by atoms with Crippen LogP contribution in [0.5, 0.6) is 0 Å². The Hall–Kier alpha value is -0.770. The van der Waals surface area contributed by atoms with Crippen LogP contribution < -0.4 is 0 Å². The molecule has 0 amide bonds. The number of hydrogen-bond acceptors (Lipinski definition) is 1. The number of carbonyl (C=O) groups excluding carboxylic acids is 1. The third kappa shape index (κ3) is 4.12. The van der Waals surface area contributed by atoms with Gasteiger partial charge in [0, 0.05) is 5.92 Å². The highest BCUT2D eigenvalue weighted by atomic mass is 79.9. The Morgan fingerprint density at radius 1 is 1.19 bits per heavy atom. The Morgan fingerprint density at radius 2 is 1.86 bits per heavy atom. The van der Waals surface area contributed by atoms with E-state index in [1.807, 2.05) is 0 Å². The second-order valence-electron chi connectivity index (χ2n) is 5.97. The lowest BCUT2D eigenvalue weighted by Gasteiger charge is -2.27. The van der Waals surface area contributed by atoms with E-state index in [4.69, 9.17) is 0 Å². The minimum Gasteiger partial charge on any atom is -0.294 e. The number of unbranched alkanes of at least 4 members (excludes halogenated alkanes) is 1. The van der Waals surface area contributed by atoms with Gasteiger partial charge in [-0.25, -0.2) is 8.78 Å². The van der Waals surface area contributed by atoms with E-state index in [0.717, 1.165) is 37.8 Å². The number of benzene rings is 1. The van der Waals surface area contributed by atoms with E-state index < -0.39 is 11.6 Å². The lowest BCUT2D eigenvalue weighted by Crippen LogP contribution is -2.23. The first kappa shape index (κ1) is 16.6. The Balaban J connectivity index is 2.00. The van der Waals surface area contributed by atoms with Crippen LogP contribution in [-0.2, 0) is 0 Å². The van der Waals surface area contributed by atoms with Crippen LogP contribution in [0.1, 0.15) is 62.2 Å². The van der Waals surface area contributed by atoms with Gasteiger partial charge in [0.15, 0.2) is 5.78 Å². The van der Waals surface area contributed by atoms with Crippen LogP contribution in [0.25, 0.3) is 0 Å². The fraction of sp³-hybridized carbons (Fsp3) is 0.588. The molecule has 2 rings (SSSR count). The molecule has 0 saturated heterocycles. The van der Waals surface area contributed by atoms with E-state index >= 15 is 0 Å². The minimum atomic E-state index is -0.638. The van der Waals surface area contributed by atoms with Gasteiger partial charge in [0.25, 0.3) is 0 Å². The summed E-state index contributed by atoms with van der Waals surface area (Å²) < 4.78 is 27.4. The molecule has 0 N–H and O–H groups in total. The fourth-order valence-electron chi connectivity index (χ4n) is 3.14. The Bertz CT molecular complexity index is 508. The highest BCUT2D eigenvalue weighted by Crippen LogP contribution is 2.34. The summed E-state index contributed by atoms with van der Waals surface area (Å²) in [6.07, 6.45) is 7.29.